The van der Waals surface area contributed by atoms with Crippen LogP contribution in [-0.2, 0) is 16.1 Å². The van der Waals surface area contributed by atoms with Gasteiger partial charge in [-0.2, -0.15) is 0 Å². The van der Waals surface area contributed by atoms with Crippen LogP contribution in [0.2, 0.25) is 0 Å². The lowest BCUT2D eigenvalue weighted by Crippen LogP contribution is -2.36. The first-order chi connectivity index (χ1) is 13.3. The van der Waals surface area contributed by atoms with Gasteiger partial charge < -0.3 is 14.2 Å². The zero-order valence-corrected chi connectivity index (χ0v) is 15.4. The smallest absolute Gasteiger partial charge is 0.337 e. The van der Waals surface area contributed by atoms with Gasteiger partial charge in [0.2, 0.25) is 0 Å². The molecule has 0 atom stereocenters. The van der Waals surface area contributed by atoms with Crippen LogP contribution in [0.3, 0.4) is 0 Å². The molecule has 0 radical (unpaired) electrons. The predicted molar refractivity (Wildman–Crippen MR) is 103 cm³/mol. The van der Waals surface area contributed by atoms with Crippen molar-refractivity contribution in [2.45, 2.75) is 6.61 Å². The third kappa shape index (κ3) is 3.75. The van der Waals surface area contributed by atoms with Gasteiger partial charge in [-0.1, -0.05) is 30.3 Å². The van der Waals surface area contributed by atoms with Crippen molar-refractivity contribution in [3.05, 3.63) is 70.8 Å². The lowest BCUT2D eigenvalue weighted by Gasteiger charge is -2.25. The zero-order chi connectivity index (χ0) is 18.6. The maximum absolute atomic E-state index is 12.0. The quantitative estimate of drug-likeness (QED) is 0.782. The number of ether oxygens (including phenoxy) is 3. The Bertz CT molecular complexity index is 868. The fraction of sp³-hybridized carbons (Fsp3) is 0.318. The van der Waals surface area contributed by atoms with E-state index >= 15 is 0 Å². The molecule has 2 aromatic carbocycles. The van der Waals surface area contributed by atoms with Gasteiger partial charge in [-0.15, -0.1) is 0 Å². The first kappa shape index (κ1) is 17.8. The molecule has 2 aliphatic heterocycles. The zero-order valence-electron chi connectivity index (χ0n) is 15.4. The van der Waals surface area contributed by atoms with E-state index in [-0.39, 0.29) is 5.97 Å². The van der Waals surface area contributed by atoms with Crippen LogP contribution in [-0.4, -0.2) is 50.8 Å². The summed E-state index contributed by atoms with van der Waals surface area (Å²) in [5.41, 5.74) is 4.83. The van der Waals surface area contributed by atoms with Crippen molar-refractivity contribution in [1.82, 2.24) is 4.90 Å². The first-order valence-corrected chi connectivity index (χ1v) is 9.20. The largest absolute Gasteiger partial charge is 0.488 e. The summed E-state index contributed by atoms with van der Waals surface area (Å²) in [6.45, 7) is 4.73. The molecule has 140 valence electrons. The lowest BCUT2D eigenvalue weighted by molar-refractivity contribution is 0.0435. The molecule has 5 nitrogen and oxygen atoms in total. The molecule has 5 heteroatoms. The van der Waals surface area contributed by atoms with E-state index in [1.807, 2.05) is 24.3 Å². The minimum atomic E-state index is -0.345. The van der Waals surface area contributed by atoms with Crippen LogP contribution in [0.4, 0.5) is 0 Å². The Morgan fingerprint density at radius 2 is 1.96 bits per heavy atom. The molecule has 4 rings (SSSR count). The molecule has 27 heavy (non-hydrogen) atoms. The highest BCUT2D eigenvalue weighted by atomic mass is 16.5. The third-order valence-corrected chi connectivity index (χ3v) is 5.04. The second-order valence-corrected chi connectivity index (χ2v) is 6.68. The van der Waals surface area contributed by atoms with Crippen molar-refractivity contribution in [2.75, 3.05) is 40.0 Å². The Hall–Kier alpha value is -2.63. The van der Waals surface area contributed by atoms with Crippen molar-refractivity contribution >= 4 is 11.5 Å². The van der Waals surface area contributed by atoms with E-state index in [9.17, 15) is 4.79 Å². The maximum atomic E-state index is 12.0. The van der Waals surface area contributed by atoms with Crippen molar-refractivity contribution in [2.24, 2.45) is 0 Å². The number of methoxy groups -OCH3 is 1. The minimum Gasteiger partial charge on any atom is -0.488 e. The summed E-state index contributed by atoms with van der Waals surface area (Å²) in [7, 11) is 1.40. The van der Waals surface area contributed by atoms with Crippen molar-refractivity contribution in [3.63, 3.8) is 0 Å². The Labute approximate surface area is 159 Å². The lowest BCUT2D eigenvalue weighted by atomic mass is 9.93. The number of esters is 1. The van der Waals surface area contributed by atoms with Gasteiger partial charge in [-0.05, 0) is 34.9 Å². The summed E-state index contributed by atoms with van der Waals surface area (Å²) in [5.74, 6) is 0.440. The number of hydrogen-bond acceptors (Lipinski definition) is 5. The third-order valence-electron chi connectivity index (χ3n) is 5.04. The highest BCUT2D eigenvalue weighted by Crippen LogP contribution is 2.37. The number of nitrogens with zero attached hydrogens (tertiary/aromatic N) is 1. The van der Waals surface area contributed by atoms with Crippen molar-refractivity contribution in [3.8, 4) is 5.75 Å². The van der Waals surface area contributed by atoms with Crippen LogP contribution in [0.25, 0.3) is 5.57 Å². The average Bonchev–Trinajstić information content (AvgIpc) is 2.88. The summed E-state index contributed by atoms with van der Waals surface area (Å²) in [4.78, 5) is 14.4. The van der Waals surface area contributed by atoms with Gasteiger partial charge in [0.05, 0.1) is 25.9 Å². The Morgan fingerprint density at radius 1 is 1.15 bits per heavy atom. The number of fused-ring (bicyclic) bond motifs is 2. The van der Waals surface area contributed by atoms with Crippen molar-refractivity contribution in [1.29, 1.82) is 0 Å². The van der Waals surface area contributed by atoms with Crippen LogP contribution in [0.5, 0.6) is 5.75 Å². The first-order valence-electron chi connectivity index (χ1n) is 9.20. The monoisotopic (exact) mass is 365 g/mol. The number of carbonyl (C=O) groups excluding carboxylic acids is 1. The van der Waals surface area contributed by atoms with Gasteiger partial charge >= 0.3 is 5.97 Å². The van der Waals surface area contributed by atoms with E-state index in [1.54, 1.807) is 6.07 Å². The van der Waals surface area contributed by atoms with Gasteiger partial charge in [-0.3, -0.25) is 4.90 Å². The molecule has 1 saturated heterocycles. The van der Waals surface area contributed by atoms with E-state index in [0.717, 1.165) is 60.9 Å². The molecular formula is C22H23NO4. The second-order valence-electron chi connectivity index (χ2n) is 6.68. The van der Waals surface area contributed by atoms with Gasteiger partial charge in [0.1, 0.15) is 12.4 Å². The molecule has 0 bridgehead atoms. The van der Waals surface area contributed by atoms with Crippen LogP contribution in [0, 0.1) is 0 Å². The topological polar surface area (TPSA) is 48.0 Å². The molecule has 0 N–H and O–H groups in total. The maximum Gasteiger partial charge on any atom is 0.337 e. The molecule has 0 aromatic heterocycles. The van der Waals surface area contributed by atoms with Gasteiger partial charge in [-0.25, -0.2) is 4.79 Å². The second kappa shape index (κ2) is 7.94. The predicted octanol–water partition coefficient (Wildman–Crippen LogP) is 3.13. The Morgan fingerprint density at radius 3 is 2.78 bits per heavy atom. The highest BCUT2D eigenvalue weighted by Gasteiger charge is 2.21. The number of hydrogen-bond donors (Lipinski definition) is 0. The number of morpholine rings is 1. The number of benzene rings is 2. The summed E-state index contributed by atoms with van der Waals surface area (Å²) in [6.07, 6.45) is 2.23. The van der Waals surface area contributed by atoms with Crippen LogP contribution in [0.15, 0.2) is 48.5 Å². The van der Waals surface area contributed by atoms with Gasteiger partial charge in [0.15, 0.2) is 0 Å². The van der Waals surface area contributed by atoms with E-state index in [4.69, 9.17) is 14.2 Å². The summed E-state index contributed by atoms with van der Waals surface area (Å²) < 4.78 is 16.4. The van der Waals surface area contributed by atoms with Crippen LogP contribution in [0.1, 0.15) is 27.0 Å². The Balaban J connectivity index is 1.78. The van der Waals surface area contributed by atoms with Gasteiger partial charge in [0, 0.05) is 25.2 Å². The molecule has 0 saturated carbocycles. The Kier molecular flexibility index (Phi) is 5.23. The van der Waals surface area contributed by atoms with E-state index < -0.39 is 0 Å². The summed E-state index contributed by atoms with van der Waals surface area (Å²) in [5, 5.41) is 0. The molecule has 0 amide bonds. The van der Waals surface area contributed by atoms with E-state index in [2.05, 4.69) is 23.1 Å². The average molecular weight is 365 g/mol. The van der Waals surface area contributed by atoms with Crippen LogP contribution >= 0.6 is 0 Å². The molecule has 1 fully saturated rings. The van der Waals surface area contributed by atoms with Crippen LogP contribution < -0.4 is 4.74 Å². The molecule has 0 unspecified atom stereocenters. The fourth-order valence-electron chi connectivity index (χ4n) is 3.54. The van der Waals surface area contributed by atoms with E-state index in [1.165, 1.54) is 7.11 Å². The highest BCUT2D eigenvalue weighted by molar-refractivity contribution is 5.93. The number of rotatable bonds is 3. The fourth-order valence-corrected chi connectivity index (χ4v) is 3.54. The molecule has 2 aromatic rings. The standard InChI is InChI=1S/C22H23NO4/c1-25-22(24)16-6-7-21-20(14-16)19(8-9-23-10-12-26-13-11-23)18-5-3-2-4-17(18)15-27-21/h2-8,14H,9-13,15H2,1H3. The molecule has 0 spiro atoms. The molecular weight excluding hydrogens is 342 g/mol. The summed E-state index contributed by atoms with van der Waals surface area (Å²) in [6, 6.07) is 13.7. The minimum absolute atomic E-state index is 0.345. The van der Waals surface area contributed by atoms with Crippen molar-refractivity contribution < 1.29 is 19.0 Å². The number of carbonyl (C=O) groups is 1. The molecule has 2 heterocycles. The molecule has 0 aliphatic carbocycles. The van der Waals surface area contributed by atoms with E-state index in [0.29, 0.717) is 12.2 Å². The SMILES string of the molecule is COC(=O)c1ccc2c(c1)C(=CCN1CCOCC1)c1ccccc1CO2. The summed E-state index contributed by atoms with van der Waals surface area (Å²) >= 11 is 0. The van der Waals surface area contributed by atoms with Gasteiger partial charge in [0.25, 0.3) is 0 Å². The molecule has 2 aliphatic rings. The normalized spacial score (nSPS) is 18.2.